The standard InChI is InChI=1S/C16H18FN3O4S/c1-25(21,22)20-5-6-23-14(9-20)16-19-18-15(24-16)13-8-12(13)10-3-2-4-11(17)7-10/h2-4,7,12-14H,5-6,8-9H2,1H3/t12-,13-,14+/m1/s1. The Morgan fingerprint density at radius 1 is 1.24 bits per heavy atom. The van der Waals surface area contributed by atoms with Crippen molar-refractivity contribution in [2.45, 2.75) is 24.4 Å². The van der Waals surface area contributed by atoms with Gasteiger partial charge in [-0.2, -0.15) is 4.31 Å². The number of sulfonamides is 1. The summed E-state index contributed by atoms with van der Waals surface area (Å²) in [6.07, 6.45) is 1.44. The molecule has 0 bridgehead atoms. The monoisotopic (exact) mass is 367 g/mol. The zero-order valence-electron chi connectivity index (χ0n) is 13.6. The number of nitrogens with zero attached hydrogens (tertiary/aromatic N) is 3. The molecule has 4 rings (SSSR count). The van der Waals surface area contributed by atoms with Crippen LogP contribution in [0.1, 0.15) is 41.7 Å². The summed E-state index contributed by atoms with van der Waals surface area (Å²) in [4.78, 5) is 0. The van der Waals surface area contributed by atoms with Gasteiger partial charge < -0.3 is 9.15 Å². The molecule has 2 aliphatic rings. The van der Waals surface area contributed by atoms with E-state index in [9.17, 15) is 12.8 Å². The molecule has 0 radical (unpaired) electrons. The van der Waals surface area contributed by atoms with Crippen molar-refractivity contribution in [1.82, 2.24) is 14.5 Å². The van der Waals surface area contributed by atoms with Crippen molar-refractivity contribution in [3.05, 3.63) is 47.4 Å². The molecule has 2 aromatic rings. The Balaban J connectivity index is 1.46. The predicted octanol–water partition coefficient (Wildman–Crippen LogP) is 1.81. The molecule has 7 nitrogen and oxygen atoms in total. The lowest BCUT2D eigenvalue weighted by atomic mass is 10.1. The molecule has 134 valence electrons. The average molecular weight is 367 g/mol. The number of rotatable bonds is 4. The van der Waals surface area contributed by atoms with Crippen molar-refractivity contribution in [2.24, 2.45) is 0 Å². The largest absolute Gasteiger partial charge is 0.422 e. The summed E-state index contributed by atoms with van der Waals surface area (Å²) in [5.74, 6) is 0.755. The highest BCUT2D eigenvalue weighted by atomic mass is 32.2. The van der Waals surface area contributed by atoms with Gasteiger partial charge in [0.2, 0.25) is 21.8 Å². The first-order valence-electron chi connectivity index (χ1n) is 8.07. The van der Waals surface area contributed by atoms with Gasteiger partial charge in [0.05, 0.1) is 12.9 Å². The maximum Gasteiger partial charge on any atom is 0.246 e. The van der Waals surface area contributed by atoms with Crippen LogP contribution in [0.2, 0.25) is 0 Å². The fraction of sp³-hybridized carbons (Fsp3) is 0.500. The van der Waals surface area contributed by atoms with Gasteiger partial charge in [0.25, 0.3) is 0 Å². The second-order valence-corrected chi connectivity index (χ2v) is 8.45. The fourth-order valence-electron chi connectivity index (χ4n) is 3.18. The van der Waals surface area contributed by atoms with Gasteiger partial charge in [0.1, 0.15) is 11.9 Å². The molecule has 1 saturated heterocycles. The first kappa shape index (κ1) is 16.6. The third-order valence-corrected chi connectivity index (χ3v) is 5.88. The summed E-state index contributed by atoms with van der Waals surface area (Å²) in [6.45, 7) is 0.768. The first-order valence-corrected chi connectivity index (χ1v) is 9.92. The highest BCUT2D eigenvalue weighted by molar-refractivity contribution is 7.88. The van der Waals surface area contributed by atoms with Crippen molar-refractivity contribution in [3.63, 3.8) is 0 Å². The lowest BCUT2D eigenvalue weighted by molar-refractivity contribution is -0.0176. The molecule has 1 aromatic heterocycles. The molecule has 9 heteroatoms. The van der Waals surface area contributed by atoms with Gasteiger partial charge in [0.15, 0.2) is 0 Å². The molecule has 1 saturated carbocycles. The van der Waals surface area contributed by atoms with Crippen molar-refractivity contribution < 1.29 is 22.0 Å². The number of morpholine rings is 1. The van der Waals surface area contributed by atoms with Crippen molar-refractivity contribution in [2.75, 3.05) is 26.0 Å². The van der Waals surface area contributed by atoms with Crippen LogP contribution >= 0.6 is 0 Å². The minimum Gasteiger partial charge on any atom is -0.422 e. The minimum absolute atomic E-state index is 0.0673. The molecule has 2 heterocycles. The van der Waals surface area contributed by atoms with Gasteiger partial charge in [-0.1, -0.05) is 12.1 Å². The Hall–Kier alpha value is -1.84. The Bertz CT molecular complexity index is 885. The zero-order chi connectivity index (χ0) is 17.6. The molecule has 0 unspecified atom stereocenters. The van der Waals surface area contributed by atoms with E-state index in [0.717, 1.165) is 12.0 Å². The molecule has 1 aliphatic carbocycles. The number of hydrogen-bond acceptors (Lipinski definition) is 6. The zero-order valence-corrected chi connectivity index (χ0v) is 14.4. The third kappa shape index (κ3) is 3.44. The maximum atomic E-state index is 13.3. The van der Waals surface area contributed by atoms with Crippen LogP contribution in [0.4, 0.5) is 4.39 Å². The predicted molar refractivity (Wildman–Crippen MR) is 85.9 cm³/mol. The summed E-state index contributed by atoms with van der Waals surface area (Å²) >= 11 is 0. The number of hydrogen-bond donors (Lipinski definition) is 0. The van der Waals surface area contributed by atoms with Crippen LogP contribution in [-0.2, 0) is 14.8 Å². The molecule has 0 N–H and O–H groups in total. The van der Waals surface area contributed by atoms with Crippen LogP contribution in [0.3, 0.4) is 0 Å². The van der Waals surface area contributed by atoms with Crippen LogP contribution < -0.4 is 0 Å². The summed E-state index contributed by atoms with van der Waals surface area (Å²) < 4.78 is 49.4. The quantitative estimate of drug-likeness (QED) is 0.819. The molecule has 1 aromatic carbocycles. The number of ether oxygens (including phenoxy) is 1. The lowest BCUT2D eigenvalue weighted by Crippen LogP contribution is -2.41. The van der Waals surface area contributed by atoms with E-state index in [1.54, 1.807) is 6.07 Å². The van der Waals surface area contributed by atoms with Crippen molar-refractivity contribution in [3.8, 4) is 0 Å². The van der Waals surface area contributed by atoms with E-state index >= 15 is 0 Å². The minimum atomic E-state index is -3.28. The van der Waals surface area contributed by atoms with Gasteiger partial charge in [0, 0.05) is 19.0 Å². The van der Waals surface area contributed by atoms with Crippen LogP contribution in [0.5, 0.6) is 0 Å². The van der Waals surface area contributed by atoms with Crippen LogP contribution in [0.15, 0.2) is 28.7 Å². The molecule has 2 fully saturated rings. The Morgan fingerprint density at radius 3 is 2.80 bits per heavy atom. The van der Waals surface area contributed by atoms with E-state index < -0.39 is 16.1 Å². The molecular formula is C16H18FN3O4S. The molecule has 3 atom stereocenters. The molecule has 0 spiro atoms. The Morgan fingerprint density at radius 2 is 2.04 bits per heavy atom. The Kier molecular flexibility index (Phi) is 4.09. The number of halogens is 1. The van der Waals surface area contributed by atoms with Gasteiger partial charge >= 0.3 is 0 Å². The van der Waals surface area contributed by atoms with Gasteiger partial charge in [-0.05, 0) is 30.0 Å². The summed E-state index contributed by atoms with van der Waals surface area (Å²) in [7, 11) is -3.28. The molecule has 1 aliphatic heterocycles. The van der Waals surface area contributed by atoms with E-state index in [1.807, 2.05) is 6.07 Å². The SMILES string of the molecule is CS(=O)(=O)N1CCO[C@H](c2nnc([C@@H]3C[C@@H]3c3cccc(F)c3)o2)C1. The maximum absolute atomic E-state index is 13.3. The topological polar surface area (TPSA) is 85.5 Å². The number of aromatic nitrogens is 2. The lowest BCUT2D eigenvalue weighted by Gasteiger charge is -2.29. The van der Waals surface area contributed by atoms with E-state index in [0.29, 0.717) is 12.4 Å². The molecule has 25 heavy (non-hydrogen) atoms. The summed E-state index contributed by atoms with van der Waals surface area (Å²) in [5.41, 5.74) is 0.918. The van der Waals surface area contributed by atoms with Crippen LogP contribution in [0, 0.1) is 5.82 Å². The van der Waals surface area contributed by atoms with Gasteiger partial charge in [-0.25, -0.2) is 12.8 Å². The van der Waals surface area contributed by atoms with Crippen molar-refractivity contribution in [1.29, 1.82) is 0 Å². The smallest absolute Gasteiger partial charge is 0.246 e. The average Bonchev–Trinajstić information content (AvgIpc) is 3.23. The Labute approximate surface area is 144 Å². The van der Waals surface area contributed by atoms with E-state index in [4.69, 9.17) is 9.15 Å². The normalized spacial score (nSPS) is 27.4. The van der Waals surface area contributed by atoms with Gasteiger partial charge in [-0.15, -0.1) is 10.2 Å². The third-order valence-electron chi connectivity index (χ3n) is 4.61. The second-order valence-electron chi connectivity index (χ2n) is 6.46. The molecule has 0 amide bonds. The highest BCUT2D eigenvalue weighted by Crippen LogP contribution is 2.54. The highest BCUT2D eigenvalue weighted by Gasteiger charge is 2.44. The van der Waals surface area contributed by atoms with Crippen LogP contribution in [0.25, 0.3) is 0 Å². The van der Waals surface area contributed by atoms with Gasteiger partial charge in [-0.3, -0.25) is 0 Å². The van der Waals surface area contributed by atoms with Crippen molar-refractivity contribution >= 4 is 10.0 Å². The number of benzene rings is 1. The summed E-state index contributed by atoms with van der Waals surface area (Å²) in [5, 5.41) is 8.11. The molecular weight excluding hydrogens is 349 g/mol. The van der Waals surface area contributed by atoms with E-state index in [-0.39, 0.29) is 36.7 Å². The van der Waals surface area contributed by atoms with E-state index in [2.05, 4.69) is 10.2 Å². The summed E-state index contributed by atoms with van der Waals surface area (Å²) in [6, 6.07) is 6.52. The van der Waals surface area contributed by atoms with Crippen LogP contribution in [-0.4, -0.2) is 48.9 Å². The fourth-order valence-corrected chi connectivity index (χ4v) is 3.99. The van der Waals surface area contributed by atoms with E-state index in [1.165, 1.54) is 22.7 Å². The first-order chi connectivity index (χ1) is 11.9. The second kappa shape index (κ2) is 6.15.